The number of rotatable bonds is 8. The third-order valence-corrected chi connectivity index (χ3v) is 5.12. The lowest BCUT2D eigenvalue weighted by Crippen LogP contribution is -2.35. The van der Waals surface area contributed by atoms with E-state index in [0.717, 1.165) is 0 Å². The van der Waals surface area contributed by atoms with E-state index in [1.807, 2.05) is 0 Å². The number of hydrogen-bond donors (Lipinski definition) is 3. The Morgan fingerprint density at radius 2 is 1.67 bits per heavy atom. The third kappa shape index (κ3) is 5.86. The van der Waals surface area contributed by atoms with E-state index >= 15 is 0 Å². The number of aromatic hydroxyl groups is 1. The maximum atomic E-state index is 12.4. The van der Waals surface area contributed by atoms with Crippen LogP contribution in [0.4, 0.5) is 0 Å². The molecule has 9 nitrogen and oxygen atoms in total. The van der Waals surface area contributed by atoms with Gasteiger partial charge in [0, 0.05) is 15.6 Å². The Bertz CT molecular complexity index is 956. The minimum Gasteiger partial charge on any atom is -0.507 e. The average Bonchev–Trinajstić information content (AvgIpc) is 2.74. The van der Waals surface area contributed by atoms with Crippen molar-refractivity contribution in [3.05, 3.63) is 44.3 Å². The zero-order chi connectivity index (χ0) is 22.3. The highest BCUT2D eigenvalue weighted by Crippen LogP contribution is 2.38. The molecule has 30 heavy (non-hydrogen) atoms. The Hall–Kier alpha value is -2.79. The van der Waals surface area contributed by atoms with Gasteiger partial charge in [0.15, 0.2) is 11.5 Å². The van der Waals surface area contributed by atoms with E-state index < -0.39 is 11.8 Å². The van der Waals surface area contributed by atoms with Crippen LogP contribution in [0.2, 0.25) is 0 Å². The highest BCUT2D eigenvalue weighted by molar-refractivity contribution is 9.11. The number of halogens is 2. The summed E-state index contributed by atoms with van der Waals surface area (Å²) < 4.78 is 16.8. The standard InChI is InChI=1S/C19H19Br2N3O6/c1-28-15-5-10(6-16(29-2)18(15)30-3)19(27)22-9-17(26)24-23-8-11-4-14(25)13(21)7-12(11)20/h4-8,25H,9H2,1-3H3,(H,22,27)(H,24,26)/b23-8+. The van der Waals surface area contributed by atoms with Gasteiger partial charge in [-0.25, -0.2) is 5.43 Å². The van der Waals surface area contributed by atoms with Crippen molar-refractivity contribution in [1.29, 1.82) is 0 Å². The average molecular weight is 545 g/mol. The van der Waals surface area contributed by atoms with Crippen molar-refractivity contribution in [1.82, 2.24) is 10.7 Å². The normalized spacial score (nSPS) is 10.6. The predicted molar refractivity (Wildman–Crippen MR) is 118 cm³/mol. The summed E-state index contributed by atoms with van der Waals surface area (Å²) in [5.74, 6) is -0.0189. The number of benzene rings is 2. The van der Waals surface area contributed by atoms with Crippen LogP contribution < -0.4 is 25.0 Å². The number of ether oxygens (including phenoxy) is 3. The van der Waals surface area contributed by atoms with E-state index in [0.29, 0.717) is 31.8 Å². The van der Waals surface area contributed by atoms with Gasteiger partial charge in [0.1, 0.15) is 5.75 Å². The summed E-state index contributed by atoms with van der Waals surface area (Å²) in [5, 5.41) is 16.0. The molecule has 0 unspecified atom stereocenters. The number of hydrogen-bond acceptors (Lipinski definition) is 7. The van der Waals surface area contributed by atoms with Gasteiger partial charge in [0.2, 0.25) is 5.75 Å². The molecule has 0 bridgehead atoms. The van der Waals surface area contributed by atoms with E-state index in [4.69, 9.17) is 14.2 Å². The van der Waals surface area contributed by atoms with Crippen molar-refractivity contribution in [2.75, 3.05) is 27.9 Å². The molecule has 0 aromatic heterocycles. The molecule has 0 aliphatic rings. The molecule has 0 radical (unpaired) electrons. The van der Waals surface area contributed by atoms with Crippen LogP contribution in [0, 0.1) is 0 Å². The molecule has 2 aromatic rings. The summed E-state index contributed by atoms with van der Waals surface area (Å²) in [5.41, 5.74) is 3.08. The smallest absolute Gasteiger partial charge is 0.259 e. The van der Waals surface area contributed by atoms with Gasteiger partial charge in [-0.2, -0.15) is 5.10 Å². The monoisotopic (exact) mass is 543 g/mol. The van der Waals surface area contributed by atoms with Crippen molar-refractivity contribution in [3.8, 4) is 23.0 Å². The first-order chi connectivity index (χ1) is 14.3. The molecule has 0 saturated heterocycles. The molecule has 0 spiro atoms. The fourth-order valence-corrected chi connectivity index (χ4v) is 3.44. The lowest BCUT2D eigenvalue weighted by atomic mass is 10.1. The van der Waals surface area contributed by atoms with Gasteiger partial charge in [-0.3, -0.25) is 9.59 Å². The van der Waals surface area contributed by atoms with Crippen molar-refractivity contribution >= 4 is 49.9 Å². The van der Waals surface area contributed by atoms with Crippen LogP contribution in [0.5, 0.6) is 23.0 Å². The molecule has 0 atom stereocenters. The van der Waals surface area contributed by atoms with E-state index in [-0.39, 0.29) is 17.9 Å². The first-order valence-corrected chi connectivity index (χ1v) is 9.97. The fraction of sp³-hybridized carbons (Fsp3) is 0.211. The summed E-state index contributed by atoms with van der Waals surface area (Å²) >= 11 is 6.52. The maximum Gasteiger partial charge on any atom is 0.259 e. The number of amides is 2. The fourth-order valence-electron chi connectivity index (χ4n) is 2.34. The molecule has 0 aliphatic heterocycles. The minimum absolute atomic E-state index is 0.0311. The second-order valence-electron chi connectivity index (χ2n) is 5.72. The minimum atomic E-state index is -0.538. The van der Waals surface area contributed by atoms with Gasteiger partial charge in [0.05, 0.1) is 38.6 Å². The highest BCUT2D eigenvalue weighted by Gasteiger charge is 2.17. The Morgan fingerprint density at radius 1 is 1.03 bits per heavy atom. The summed E-state index contributed by atoms with van der Waals surface area (Å²) in [6, 6.07) is 6.07. The molecular weight excluding hydrogens is 526 g/mol. The number of carbonyl (C=O) groups excluding carboxylic acids is 2. The predicted octanol–water partition coefficient (Wildman–Crippen LogP) is 2.82. The Labute approximate surface area is 189 Å². The zero-order valence-electron chi connectivity index (χ0n) is 16.3. The Kier molecular flexibility index (Phi) is 8.48. The summed E-state index contributed by atoms with van der Waals surface area (Å²) in [6.07, 6.45) is 1.36. The lowest BCUT2D eigenvalue weighted by molar-refractivity contribution is -0.120. The lowest BCUT2D eigenvalue weighted by Gasteiger charge is -2.14. The Balaban J connectivity index is 1.98. The molecular formula is C19H19Br2N3O6. The summed E-state index contributed by atoms with van der Waals surface area (Å²) in [4.78, 5) is 24.3. The number of nitrogens with zero attached hydrogens (tertiary/aromatic N) is 1. The van der Waals surface area contributed by atoms with Crippen LogP contribution in [-0.4, -0.2) is 51.0 Å². The number of phenolic OH excluding ortho intramolecular Hbond substituents is 1. The molecule has 0 heterocycles. The molecule has 0 fully saturated rings. The SMILES string of the molecule is COc1cc(C(=O)NCC(=O)N/N=C/c2cc(O)c(Br)cc2Br)cc(OC)c1OC. The molecule has 0 aliphatic carbocycles. The van der Waals surface area contributed by atoms with E-state index in [9.17, 15) is 14.7 Å². The van der Waals surface area contributed by atoms with Gasteiger partial charge in [0.25, 0.3) is 11.8 Å². The van der Waals surface area contributed by atoms with Crippen LogP contribution in [-0.2, 0) is 4.79 Å². The van der Waals surface area contributed by atoms with Gasteiger partial charge < -0.3 is 24.6 Å². The molecule has 2 rings (SSSR count). The number of phenols is 1. The number of nitrogens with one attached hydrogen (secondary N) is 2. The van der Waals surface area contributed by atoms with Crippen molar-refractivity contribution in [2.24, 2.45) is 5.10 Å². The van der Waals surface area contributed by atoms with Gasteiger partial charge in [-0.05, 0) is 40.2 Å². The second kappa shape index (κ2) is 10.8. The Morgan fingerprint density at radius 3 is 2.23 bits per heavy atom. The molecule has 2 amide bonds. The molecule has 160 valence electrons. The summed E-state index contributed by atoms with van der Waals surface area (Å²) in [7, 11) is 4.33. The second-order valence-corrected chi connectivity index (χ2v) is 7.42. The van der Waals surface area contributed by atoms with E-state index in [1.165, 1.54) is 45.7 Å². The van der Waals surface area contributed by atoms with E-state index in [1.54, 1.807) is 6.07 Å². The third-order valence-electron chi connectivity index (χ3n) is 3.80. The van der Waals surface area contributed by atoms with Crippen LogP contribution >= 0.6 is 31.9 Å². The van der Waals surface area contributed by atoms with Crippen molar-refractivity contribution in [2.45, 2.75) is 0 Å². The van der Waals surface area contributed by atoms with Crippen LogP contribution in [0.25, 0.3) is 0 Å². The van der Waals surface area contributed by atoms with Crippen molar-refractivity contribution in [3.63, 3.8) is 0 Å². The quantitative estimate of drug-likeness (QED) is 0.347. The largest absolute Gasteiger partial charge is 0.507 e. The van der Waals surface area contributed by atoms with Gasteiger partial charge in [-0.15, -0.1) is 0 Å². The van der Waals surface area contributed by atoms with Gasteiger partial charge >= 0.3 is 0 Å². The molecule has 11 heteroatoms. The van der Waals surface area contributed by atoms with Crippen LogP contribution in [0.3, 0.4) is 0 Å². The first-order valence-electron chi connectivity index (χ1n) is 8.38. The first kappa shape index (κ1) is 23.5. The molecule has 0 saturated carbocycles. The number of methoxy groups -OCH3 is 3. The highest BCUT2D eigenvalue weighted by atomic mass is 79.9. The number of carbonyl (C=O) groups is 2. The van der Waals surface area contributed by atoms with Crippen molar-refractivity contribution < 1.29 is 28.9 Å². The maximum absolute atomic E-state index is 12.4. The van der Waals surface area contributed by atoms with Crippen LogP contribution in [0.1, 0.15) is 15.9 Å². The van der Waals surface area contributed by atoms with Crippen LogP contribution in [0.15, 0.2) is 38.3 Å². The van der Waals surface area contributed by atoms with Gasteiger partial charge in [-0.1, -0.05) is 15.9 Å². The summed E-state index contributed by atoms with van der Waals surface area (Å²) in [6.45, 7) is -0.306. The molecule has 3 N–H and O–H groups in total. The molecule has 2 aromatic carbocycles. The topological polar surface area (TPSA) is 118 Å². The number of hydrazone groups is 1. The zero-order valence-corrected chi connectivity index (χ0v) is 19.5. The van der Waals surface area contributed by atoms with E-state index in [2.05, 4.69) is 47.7 Å².